The predicted molar refractivity (Wildman–Crippen MR) is 94.1 cm³/mol. The fourth-order valence-corrected chi connectivity index (χ4v) is 2.71. The molecule has 0 aromatic heterocycles. The molecule has 0 aliphatic carbocycles. The largest absolute Gasteiger partial charge is 0.379 e. The summed E-state index contributed by atoms with van der Waals surface area (Å²) in [6.07, 6.45) is 2.10. The minimum Gasteiger partial charge on any atom is -0.379 e. The molecule has 0 spiro atoms. The molecule has 3 heteroatoms. The van der Waals surface area contributed by atoms with Gasteiger partial charge in [-0.1, -0.05) is 24.3 Å². The van der Waals surface area contributed by atoms with E-state index in [9.17, 15) is 0 Å². The zero-order valence-corrected chi connectivity index (χ0v) is 14.1. The Hall–Kier alpha value is -1.45. The predicted octanol–water partition coefficient (Wildman–Crippen LogP) is 4.64. The lowest BCUT2D eigenvalue weighted by Crippen LogP contribution is -2.11. The highest BCUT2D eigenvalue weighted by Crippen LogP contribution is 2.22. The number of rotatable bonds is 6. The fraction of sp³-hybridized carbons (Fsp3) is 0.333. The highest BCUT2D eigenvalue weighted by atomic mass is 32.2. The van der Waals surface area contributed by atoms with Gasteiger partial charge in [-0.05, 0) is 62.7 Å². The molecule has 0 aliphatic rings. The molecule has 2 nitrogen and oxygen atoms in total. The van der Waals surface area contributed by atoms with Crippen molar-refractivity contribution in [3.8, 4) is 0 Å². The SMILES string of the molecule is CSc1ccc(C(C)Nc2ccc(CN(C)C)cc2)cc1. The molecule has 0 fully saturated rings. The highest BCUT2D eigenvalue weighted by Gasteiger charge is 2.05. The second kappa shape index (κ2) is 7.53. The minimum atomic E-state index is 0.306. The van der Waals surface area contributed by atoms with Gasteiger partial charge >= 0.3 is 0 Å². The van der Waals surface area contributed by atoms with Gasteiger partial charge in [0.15, 0.2) is 0 Å². The average molecular weight is 300 g/mol. The van der Waals surface area contributed by atoms with Crippen molar-refractivity contribution < 1.29 is 0 Å². The molecule has 1 N–H and O–H groups in total. The highest BCUT2D eigenvalue weighted by molar-refractivity contribution is 7.98. The van der Waals surface area contributed by atoms with E-state index in [0.29, 0.717) is 6.04 Å². The van der Waals surface area contributed by atoms with Crippen LogP contribution in [0.4, 0.5) is 5.69 Å². The first-order valence-electron chi connectivity index (χ1n) is 7.22. The van der Waals surface area contributed by atoms with Crippen molar-refractivity contribution in [1.29, 1.82) is 0 Å². The lowest BCUT2D eigenvalue weighted by Gasteiger charge is -2.17. The molecule has 0 bridgehead atoms. The first-order chi connectivity index (χ1) is 10.1. The Balaban J connectivity index is 1.99. The first-order valence-corrected chi connectivity index (χ1v) is 8.45. The van der Waals surface area contributed by atoms with E-state index in [-0.39, 0.29) is 0 Å². The van der Waals surface area contributed by atoms with Gasteiger partial charge < -0.3 is 10.2 Å². The van der Waals surface area contributed by atoms with Crippen LogP contribution in [0.5, 0.6) is 0 Å². The van der Waals surface area contributed by atoms with Crippen molar-refractivity contribution >= 4 is 17.4 Å². The molecule has 1 atom stereocenters. The van der Waals surface area contributed by atoms with Crippen LogP contribution < -0.4 is 5.32 Å². The number of benzene rings is 2. The van der Waals surface area contributed by atoms with Crippen LogP contribution in [0.1, 0.15) is 24.1 Å². The maximum absolute atomic E-state index is 3.56. The summed E-state index contributed by atoms with van der Waals surface area (Å²) >= 11 is 1.78. The van der Waals surface area contributed by atoms with Crippen molar-refractivity contribution in [2.45, 2.75) is 24.4 Å². The molecule has 0 radical (unpaired) electrons. The molecular formula is C18H24N2S. The Bertz CT molecular complexity index is 546. The van der Waals surface area contributed by atoms with E-state index in [0.717, 1.165) is 6.54 Å². The second-order valence-electron chi connectivity index (χ2n) is 5.57. The summed E-state index contributed by atoms with van der Waals surface area (Å²) in [6, 6.07) is 17.8. The van der Waals surface area contributed by atoms with E-state index < -0.39 is 0 Å². The molecule has 0 aliphatic heterocycles. The van der Waals surface area contributed by atoms with Gasteiger partial charge in [-0.3, -0.25) is 0 Å². The summed E-state index contributed by atoms with van der Waals surface area (Å²) in [7, 11) is 4.18. The summed E-state index contributed by atoms with van der Waals surface area (Å²) in [4.78, 5) is 3.48. The summed E-state index contributed by atoms with van der Waals surface area (Å²) < 4.78 is 0. The summed E-state index contributed by atoms with van der Waals surface area (Å²) in [5, 5.41) is 3.56. The van der Waals surface area contributed by atoms with Crippen molar-refractivity contribution in [1.82, 2.24) is 4.90 Å². The van der Waals surface area contributed by atoms with Gasteiger partial charge in [-0.2, -0.15) is 0 Å². The van der Waals surface area contributed by atoms with Gasteiger partial charge in [0, 0.05) is 23.2 Å². The van der Waals surface area contributed by atoms with E-state index in [1.165, 1.54) is 21.7 Å². The van der Waals surface area contributed by atoms with Crippen molar-refractivity contribution in [3.63, 3.8) is 0 Å². The van der Waals surface area contributed by atoms with E-state index >= 15 is 0 Å². The van der Waals surface area contributed by atoms with Crippen LogP contribution >= 0.6 is 11.8 Å². The topological polar surface area (TPSA) is 15.3 Å². The number of anilines is 1. The fourth-order valence-electron chi connectivity index (χ4n) is 2.30. The molecule has 2 aromatic carbocycles. The van der Waals surface area contributed by atoms with Crippen LogP contribution in [0, 0.1) is 0 Å². The van der Waals surface area contributed by atoms with Crippen LogP contribution in [0.25, 0.3) is 0 Å². The molecule has 0 saturated heterocycles. The summed E-state index contributed by atoms with van der Waals surface area (Å²) in [5.41, 5.74) is 3.81. The number of nitrogens with zero attached hydrogens (tertiary/aromatic N) is 1. The number of nitrogens with one attached hydrogen (secondary N) is 1. The van der Waals surface area contributed by atoms with E-state index in [2.05, 4.69) is 86.0 Å². The molecule has 2 aromatic rings. The number of hydrogen-bond donors (Lipinski definition) is 1. The number of hydrogen-bond acceptors (Lipinski definition) is 3. The Morgan fingerprint density at radius 1 is 1.00 bits per heavy atom. The van der Waals surface area contributed by atoms with Gasteiger partial charge in [0.1, 0.15) is 0 Å². The van der Waals surface area contributed by atoms with E-state index in [1.54, 1.807) is 11.8 Å². The van der Waals surface area contributed by atoms with Crippen LogP contribution in [-0.2, 0) is 6.54 Å². The third kappa shape index (κ3) is 4.80. The standard InChI is InChI=1S/C18H24N2S/c1-14(16-7-11-18(21-4)12-8-16)19-17-9-5-15(6-10-17)13-20(2)3/h5-12,14,19H,13H2,1-4H3. The first kappa shape index (κ1) is 15.9. The molecule has 0 amide bonds. The van der Waals surface area contributed by atoms with Crippen molar-refractivity contribution in [2.24, 2.45) is 0 Å². The van der Waals surface area contributed by atoms with Gasteiger partial charge in [-0.15, -0.1) is 11.8 Å². The monoisotopic (exact) mass is 300 g/mol. The lowest BCUT2D eigenvalue weighted by molar-refractivity contribution is 0.402. The van der Waals surface area contributed by atoms with E-state index in [1.807, 2.05) is 0 Å². The molecular weight excluding hydrogens is 276 g/mol. The van der Waals surface area contributed by atoms with Crippen LogP contribution in [0.2, 0.25) is 0 Å². The maximum atomic E-state index is 3.56. The minimum absolute atomic E-state index is 0.306. The van der Waals surface area contributed by atoms with Crippen molar-refractivity contribution in [3.05, 3.63) is 59.7 Å². The zero-order chi connectivity index (χ0) is 15.2. The quantitative estimate of drug-likeness (QED) is 0.782. The Labute approximate surface area is 132 Å². The van der Waals surface area contributed by atoms with Gasteiger partial charge in [0.25, 0.3) is 0 Å². The van der Waals surface area contributed by atoms with E-state index in [4.69, 9.17) is 0 Å². The Kier molecular flexibility index (Phi) is 5.71. The molecule has 1 unspecified atom stereocenters. The Morgan fingerprint density at radius 2 is 1.62 bits per heavy atom. The lowest BCUT2D eigenvalue weighted by atomic mass is 10.1. The third-order valence-corrected chi connectivity index (χ3v) is 4.20. The summed E-state index contributed by atoms with van der Waals surface area (Å²) in [6.45, 7) is 3.17. The molecule has 0 heterocycles. The molecule has 0 saturated carbocycles. The van der Waals surface area contributed by atoms with Crippen molar-refractivity contribution in [2.75, 3.05) is 25.7 Å². The van der Waals surface area contributed by atoms with Gasteiger partial charge in [0.05, 0.1) is 0 Å². The molecule has 2 rings (SSSR count). The Morgan fingerprint density at radius 3 is 2.14 bits per heavy atom. The van der Waals surface area contributed by atoms with Gasteiger partial charge in [0.2, 0.25) is 0 Å². The average Bonchev–Trinajstić information content (AvgIpc) is 2.49. The summed E-state index contributed by atoms with van der Waals surface area (Å²) in [5.74, 6) is 0. The van der Waals surface area contributed by atoms with Gasteiger partial charge in [-0.25, -0.2) is 0 Å². The molecule has 21 heavy (non-hydrogen) atoms. The smallest absolute Gasteiger partial charge is 0.0485 e. The normalized spacial score (nSPS) is 12.4. The van der Waals surface area contributed by atoms with Crippen LogP contribution in [0.15, 0.2) is 53.4 Å². The third-order valence-electron chi connectivity index (χ3n) is 3.45. The number of thioether (sulfide) groups is 1. The zero-order valence-electron chi connectivity index (χ0n) is 13.3. The van der Waals surface area contributed by atoms with Crippen LogP contribution in [-0.4, -0.2) is 25.3 Å². The molecule has 112 valence electrons. The maximum Gasteiger partial charge on any atom is 0.0485 e. The second-order valence-corrected chi connectivity index (χ2v) is 6.45. The van der Waals surface area contributed by atoms with Crippen LogP contribution in [0.3, 0.4) is 0 Å².